The number of rotatable bonds is 6. The van der Waals surface area contributed by atoms with Gasteiger partial charge in [-0.05, 0) is 57.7 Å². The van der Waals surface area contributed by atoms with Gasteiger partial charge in [-0.25, -0.2) is 9.50 Å². The second-order valence-corrected chi connectivity index (χ2v) is 8.79. The molecule has 1 saturated carbocycles. The second kappa shape index (κ2) is 7.43. The van der Waals surface area contributed by atoms with Crippen molar-refractivity contribution in [3.8, 4) is 11.3 Å². The molecule has 7 heteroatoms. The Hall–Kier alpha value is -2.44. The third-order valence-corrected chi connectivity index (χ3v) is 5.17. The standard InChI is InChI=1S/C22H26ClN5O/c1-13-9-15(5-8-17(13)14(2)26-16-6-7-16)19-11-24-21-18(25-12-22(3,4)29)10-20(23)27-28(19)21/h5,8-11,16,25,29H,6-7,12H2,1-4H3. The van der Waals surface area contributed by atoms with Crippen LogP contribution < -0.4 is 5.32 Å². The quantitative estimate of drug-likeness (QED) is 0.585. The highest BCUT2D eigenvalue weighted by Crippen LogP contribution is 2.29. The lowest BCUT2D eigenvalue weighted by atomic mass is 10.0. The Morgan fingerprint density at radius 1 is 1.34 bits per heavy atom. The number of imidazole rings is 1. The number of nitrogens with one attached hydrogen (secondary N) is 1. The molecule has 2 heterocycles. The number of fused-ring (bicyclic) bond motifs is 1. The number of hydrogen-bond acceptors (Lipinski definition) is 5. The maximum atomic E-state index is 10.0. The van der Waals surface area contributed by atoms with Crippen LogP contribution in [0.1, 0.15) is 44.7 Å². The lowest BCUT2D eigenvalue weighted by Crippen LogP contribution is -2.29. The topological polar surface area (TPSA) is 74.8 Å². The van der Waals surface area contributed by atoms with E-state index in [1.165, 1.54) is 24.0 Å². The van der Waals surface area contributed by atoms with Gasteiger partial charge >= 0.3 is 0 Å². The van der Waals surface area contributed by atoms with Gasteiger partial charge in [0.1, 0.15) is 0 Å². The van der Waals surface area contributed by atoms with E-state index in [0.717, 1.165) is 22.7 Å². The van der Waals surface area contributed by atoms with Gasteiger partial charge in [0.15, 0.2) is 10.8 Å². The molecule has 0 bridgehead atoms. The van der Waals surface area contributed by atoms with Gasteiger partial charge in [-0.15, -0.1) is 0 Å². The number of hydrogen-bond donors (Lipinski definition) is 2. The van der Waals surface area contributed by atoms with Crippen LogP contribution in [0.25, 0.3) is 16.9 Å². The molecule has 1 aliphatic carbocycles. The van der Waals surface area contributed by atoms with Crippen LogP contribution in [0, 0.1) is 6.92 Å². The molecule has 2 aromatic heterocycles. The third-order valence-electron chi connectivity index (χ3n) is 4.98. The maximum absolute atomic E-state index is 10.0. The van der Waals surface area contributed by atoms with Gasteiger partial charge < -0.3 is 10.4 Å². The minimum Gasteiger partial charge on any atom is -0.389 e. The van der Waals surface area contributed by atoms with Crippen LogP contribution in [0.3, 0.4) is 0 Å². The molecule has 0 radical (unpaired) electrons. The molecule has 1 aromatic carbocycles. The van der Waals surface area contributed by atoms with Crippen LogP contribution in [0.5, 0.6) is 0 Å². The number of aliphatic imine (C=N–C) groups is 1. The van der Waals surface area contributed by atoms with Crippen molar-refractivity contribution >= 4 is 28.6 Å². The van der Waals surface area contributed by atoms with Gasteiger partial charge in [0, 0.05) is 23.9 Å². The second-order valence-electron chi connectivity index (χ2n) is 8.40. The molecule has 0 saturated heterocycles. The minimum absolute atomic E-state index is 0.357. The number of benzene rings is 1. The van der Waals surface area contributed by atoms with Crippen LogP contribution >= 0.6 is 11.6 Å². The summed E-state index contributed by atoms with van der Waals surface area (Å²) < 4.78 is 1.74. The van der Waals surface area contributed by atoms with Crippen LogP contribution in [0.2, 0.25) is 5.15 Å². The predicted octanol–water partition coefficient (Wildman–Crippen LogP) is 4.51. The molecule has 0 amide bonds. The zero-order valence-electron chi connectivity index (χ0n) is 17.2. The zero-order chi connectivity index (χ0) is 20.8. The molecular weight excluding hydrogens is 386 g/mol. The van der Waals surface area contributed by atoms with Crippen LogP contribution in [-0.4, -0.2) is 43.6 Å². The zero-order valence-corrected chi connectivity index (χ0v) is 18.0. The molecule has 1 fully saturated rings. The summed E-state index contributed by atoms with van der Waals surface area (Å²) in [6.07, 6.45) is 4.20. The summed E-state index contributed by atoms with van der Waals surface area (Å²) in [5, 5.41) is 18.0. The van der Waals surface area contributed by atoms with Crippen LogP contribution in [0.15, 0.2) is 35.5 Å². The van der Waals surface area contributed by atoms with Crippen LogP contribution in [-0.2, 0) is 0 Å². The van der Waals surface area contributed by atoms with Crippen molar-refractivity contribution in [2.45, 2.75) is 52.2 Å². The lowest BCUT2D eigenvalue weighted by molar-refractivity contribution is 0.0945. The SMILES string of the molecule is CC(=NC1CC1)c1ccc(-c2cnc3c(NCC(C)(C)O)cc(Cl)nn23)cc1C. The molecule has 0 aliphatic heterocycles. The Balaban J connectivity index is 1.71. The van der Waals surface area contributed by atoms with E-state index < -0.39 is 5.60 Å². The van der Waals surface area contributed by atoms with E-state index in [9.17, 15) is 5.11 Å². The highest BCUT2D eigenvalue weighted by molar-refractivity contribution is 6.29. The first kappa shape index (κ1) is 19.9. The van der Waals surface area contributed by atoms with Crippen molar-refractivity contribution in [2.24, 2.45) is 4.99 Å². The van der Waals surface area contributed by atoms with E-state index in [0.29, 0.717) is 23.4 Å². The van der Waals surface area contributed by atoms with Crippen molar-refractivity contribution in [1.29, 1.82) is 0 Å². The first-order valence-electron chi connectivity index (χ1n) is 9.87. The molecule has 29 heavy (non-hydrogen) atoms. The Morgan fingerprint density at radius 2 is 2.10 bits per heavy atom. The number of aromatic nitrogens is 3. The summed E-state index contributed by atoms with van der Waals surface area (Å²) in [6, 6.07) is 8.56. The fraction of sp³-hybridized carbons (Fsp3) is 0.409. The number of aryl methyl sites for hydroxylation is 1. The summed E-state index contributed by atoms with van der Waals surface area (Å²) in [5.41, 5.74) is 5.86. The Bertz CT molecular complexity index is 1090. The monoisotopic (exact) mass is 411 g/mol. The fourth-order valence-corrected chi connectivity index (χ4v) is 3.54. The summed E-state index contributed by atoms with van der Waals surface area (Å²) in [6.45, 7) is 8.05. The number of anilines is 1. The van der Waals surface area contributed by atoms with E-state index in [1.54, 1.807) is 30.6 Å². The van der Waals surface area contributed by atoms with Gasteiger partial charge in [-0.2, -0.15) is 5.10 Å². The molecule has 6 nitrogen and oxygen atoms in total. The van der Waals surface area contributed by atoms with Crippen LogP contribution in [0.4, 0.5) is 5.69 Å². The number of halogens is 1. The minimum atomic E-state index is -0.852. The Kier molecular flexibility index (Phi) is 5.09. The molecule has 0 atom stereocenters. The fourth-order valence-electron chi connectivity index (χ4n) is 3.35. The van der Waals surface area contributed by atoms with Gasteiger partial charge in [-0.1, -0.05) is 23.7 Å². The first-order chi connectivity index (χ1) is 13.7. The lowest BCUT2D eigenvalue weighted by Gasteiger charge is -2.18. The average Bonchev–Trinajstić information content (AvgIpc) is 3.35. The largest absolute Gasteiger partial charge is 0.389 e. The normalized spacial score (nSPS) is 15.2. The summed E-state index contributed by atoms with van der Waals surface area (Å²) in [4.78, 5) is 9.31. The third kappa shape index (κ3) is 4.43. The van der Waals surface area contributed by atoms with Crippen molar-refractivity contribution in [3.05, 3.63) is 46.7 Å². The highest BCUT2D eigenvalue weighted by Gasteiger charge is 2.21. The molecule has 0 unspecified atom stereocenters. The Morgan fingerprint density at radius 3 is 2.76 bits per heavy atom. The van der Waals surface area contributed by atoms with Crippen molar-refractivity contribution < 1.29 is 5.11 Å². The van der Waals surface area contributed by atoms with Crippen molar-refractivity contribution in [3.63, 3.8) is 0 Å². The maximum Gasteiger partial charge on any atom is 0.177 e. The Labute approximate surface area is 175 Å². The smallest absolute Gasteiger partial charge is 0.177 e. The molecule has 152 valence electrons. The first-order valence-corrected chi connectivity index (χ1v) is 10.3. The molecule has 2 N–H and O–H groups in total. The molecule has 4 rings (SSSR count). The van der Waals surface area contributed by atoms with Gasteiger partial charge in [0.25, 0.3) is 0 Å². The van der Waals surface area contributed by atoms with Gasteiger partial charge in [0.05, 0.1) is 29.2 Å². The van der Waals surface area contributed by atoms with E-state index in [2.05, 4.69) is 47.4 Å². The highest BCUT2D eigenvalue weighted by atomic mass is 35.5. The van der Waals surface area contributed by atoms with E-state index in [-0.39, 0.29) is 0 Å². The molecule has 1 aliphatic rings. The molecular formula is C22H26ClN5O. The number of nitrogens with zero attached hydrogens (tertiary/aromatic N) is 4. The van der Waals surface area contributed by atoms with E-state index >= 15 is 0 Å². The summed E-state index contributed by atoms with van der Waals surface area (Å²) >= 11 is 6.26. The van der Waals surface area contributed by atoms with Gasteiger partial charge in [-0.3, -0.25) is 4.99 Å². The van der Waals surface area contributed by atoms with Crippen molar-refractivity contribution in [1.82, 2.24) is 14.6 Å². The summed E-state index contributed by atoms with van der Waals surface area (Å²) in [5.74, 6) is 0. The van der Waals surface area contributed by atoms with E-state index in [1.807, 2.05) is 0 Å². The molecule has 3 aromatic rings. The van der Waals surface area contributed by atoms with Crippen molar-refractivity contribution in [2.75, 3.05) is 11.9 Å². The predicted molar refractivity (Wildman–Crippen MR) is 118 cm³/mol. The number of aliphatic hydroxyl groups is 1. The average molecular weight is 412 g/mol. The molecule has 0 spiro atoms. The summed E-state index contributed by atoms with van der Waals surface area (Å²) in [7, 11) is 0. The van der Waals surface area contributed by atoms with Gasteiger partial charge in [0.2, 0.25) is 0 Å². The van der Waals surface area contributed by atoms with E-state index in [4.69, 9.17) is 16.6 Å².